The first-order valence-corrected chi connectivity index (χ1v) is 11.8. The highest BCUT2D eigenvalue weighted by Gasteiger charge is 2.28. The van der Waals surface area contributed by atoms with Crippen LogP contribution in [0.25, 0.3) is 0 Å². The van der Waals surface area contributed by atoms with Gasteiger partial charge in [0.1, 0.15) is 13.2 Å². The summed E-state index contributed by atoms with van der Waals surface area (Å²) in [6.45, 7) is 6.40. The zero-order valence-corrected chi connectivity index (χ0v) is 20.4. The van der Waals surface area contributed by atoms with Crippen LogP contribution in [-0.2, 0) is 27.3 Å². The summed E-state index contributed by atoms with van der Waals surface area (Å²) in [5.41, 5.74) is 1.89. The molecule has 0 unspecified atom stereocenters. The zero-order valence-electron chi connectivity index (χ0n) is 20.4. The second-order valence-corrected chi connectivity index (χ2v) is 8.50. The predicted octanol–water partition coefficient (Wildman–Crippen LogP) is 4.99. The van der Waals surface area contributed by atoms with Crippen LogP contribution in [0.2, 0.25) is 0 Å². The van der Waals surface area contributed by atoms with Gasteiger partial charge in [-0.3, -0.25) is 4.79 Å². The molecule has 0 aliphatic rings. The fourth-order valence-corrected chi connectivity index (χ4v) is 3.26. The number of Topliss-reactive ketones (excluding diaryl/α,β-unsaturated/α-hetero) is 1. The molecule has 184 valence electrons. The van der Waals surface area contributed by atoms with E-state index in [1.54, 1.807) is 6.92 Å². The molecule has 7 heteroatoms. The lowest BCUT2D eigenvalue weighted by molar-refractivity contribution is -0.125. The number of nitrogens with zero attached hydrogens (tertiary/aromatic N) is 1. The smallest absolute Gasteiger partial charge is 0.418 e. The van der Waals surface area contributed by atoms with E-state index in [9.17, 15) is 14.4 Å². The van der Waals surface area contributed by atoms with Gasteiger partial charge in [0.15, 0.2) is 5.78 Å². The van der Waals surface area contributed by atoms with Gasteiger partial charge in [0.05, 0.1) is 6.04 Å². The molecule has 1 atom stereocenters. The van der Waals surface area contributed by atoms with E-state index < -0.39 is 18.2 Å². The summed E-state index contributed by atoms with van der Waals surface area (Å²) in [7, 11) is 0. The van der Waals surface area contributed by atoms with Crippen molar-refractivity contribution in [3.63, 3.8) is 0 Å². The van der Waals surface area contributed by atoms with Gasteiger partial charge >= 0.3 is 12.1 Å². The van der Waals surface area contributed by atoms with E-state index in [-0.39, 0.29) is 31.5 Å². The lowest BCUT2D eigenvalue weighted by Gasteiger charge is -2.25. The number of hydrogen-bond donors (Lipinski definition) is 1. The number of aryl methyl sites for hydroxylation is 1. The molecule has 3 amide bonds. The van der Waals surface area contributed by atoms with Crippen LogP contribution in [0, 0.1) is 5.92 Å². The van der Waals surface area contributed by atoms with E-state index in [2.05, 4.69) is 5.32 Å². The van der Waals surface area contributed by atoms with Crippen LogP contribution in [0.1, 0.15) is 44.7 Å². The van der Waals surface area contributed by atoms with E-state index in [1.165, 1.54) is 0 Å². The molecule has 2 aromatic carbocycles. The molecule has 0 saturated heterocycles. The van der Waals surface area contributed by atoms with Crippen LogP contribution in [0.15, 0.2) is 60.7 Å². The zero-order chi connectivity index (χ0) is 24.8. The highest BCUT2D eigenvalue weighted by atomic mass is 16.6. The summed E-state index contributed by atoms with van der Waals surface area (Å²) in [5.74, 6) is 0.0540. The number of imide groups is 1. The number of nitrogens with one attached hydrogen (secondary N) is 1. The number of benzene rings is 2. The third-order valence-electron chi connectivity index (χ3n) is 5.30. The number of carbonyl (C=O) groups excluding carboxylic acids is 3. The molecule has 0 heterocycles. The third-order valence-corrected chi connectivity index (χ3v) is 5.30. The first-order valence-electron chi connectivity index (χ1n) is 11.8. The SMILES string of the molecule is CCOCC(=O)[C@H](CCc1ccccc1)NC(=O)N(CCC(C)C)C(=O)OCc1ccccc1. The maximum absolute atomic E-state index is 13.1. The van der Waals surface area contributed by atoms with Gasteiger partial charge in [-0.05, 0) is 43.2 Å². The Morgan fingerprint density at radius 3 is 2.12 bits per heavy atom. The van der Waals surface area contributed by atoms with Crippen LogP contribution in [-0.4, -0.2) is 48.6 Å². The van der Waals surface area contributed by atoms with Crippen LogP contribution >= 0.6 is 0 Å². The Bertz CT molecular complexity index is 886. The minimum absolute atomic E-state index is 0.0613. The maximum atomic E-state index is 13.1. The van der Waals surface area contributed by atoms with E-state index in [0.717, 1.165) is 16.0 Å². The Hall–Kier alpha value is -3.19. The highest BCUT2D eigenvalue weighted by molar-refractivity contribution is 5.95. The van der Waals surface area contributed by atoms with Gasteiger partial charge in [0, 0.05) is 13.2 Å². The Morgan fingerprint density at radius 2 is 1.53 bits per heavy atom. The Labute approximate surface area is 202 Å². The summed E-state index contributed by atoms with van der Waals surface area (Å²) in [6, 6.07) is 17.6. The summed E-state index contributed by atoms with van der Waals surface area (Å²) in [4.78, 5) is 39.7. The van der Waals surface area contributed by atoms with Gasteiger partial charge in [0.2, 0.25) is 0 Å². The van der Waals surface area contributed by atoms with Crippen LogP contribution in [0.5, 0.6) is 0 Å². The minimum Gasteiger partial charge on any atom is -0.444 e. The number of carbonyl (C=O) groups is 3. The summed E-state index contributed by atoms with van der Waals surface area (Å²) >= 11 is 0. The largest absolute Gasteiger partial charge is 0.444 e. The van der Waals surface area contributed by atoms with E-state index in [4.69, 9.17) is 9.47 Å². The van der Waals surface area contributed by atoms with Crippen LogP contribution < -0.4 is 5.32 Å². The van der Waals surface area contributed by atoms with Gasteiger partial charge < -0.3 is 14.8 Å². The van der Waals surface area contributed by atoms with Crippen molar-refractivity contribution < 1.29 is 23.9 Å². The number of ether oxygens (including phenoxy) is 2. The molecule has 2 rings (SSSR count). The molecular formula is C27H36N2O5. The molecule has 0 saturated carbocycles. The second kappa shape index (κ2) is 14.9. The van der Waals surface area contributed by atoms with Crippen molar-refractivity contribution >= 4 is 17.9 Å². The van der Waals surface area contributed by atoms with E-state index in [0.29, 0.717) is 25.9 Å². The molecule has 1 N–H and O–H groups in total. The average molecular weight is 469 g/mol. The van der Waals surface area contributed by atoms with E-state index >= 15 is 0 Å². The molecule has 2 aromatic rings. The average Bonchev–Trinajstić information content (AvgIpc) is 2.84. The summed E-state index contributed by atoms with van der Waals surface area (Å²) in [6.07, 6.45) is 0.892. The second-order valence-electron chi connectivity index (χ2n) is 8.50. The Kier molecular flexibility index (Phi) is 11.8. The lowest BCUT2D eigenvalue weighted by atomic mass is 10.0. The molecule has 0 aliphatic heterocycles. The lowest BCUT2D eigenvalue weighted by Crippen LogP contribution is -2.51. The van der Waals surface area contributed by atoms with E-state index in [1.807, 2.05) is 74.5 Å². The molecule has 34 heavy (non-hydrogen) atoms. The number of urea groups is 1. The third kappa shape index (κ3) is 9.75. The van der Waals surface area contributed by atoms with Gasteiger partial charge in [-0.1, -0.05) is 74.5 Å². The normalized spacial score (nSPS) is 11.6. The maximum Gasteiger partial charge on any atom is 0.418 e. The molecule has 0 aliphatic carbocycles. The first-order chi connectivity index (χ1) is 16.4. The van der Waals surface area contributed by atoms with Crippen LogP contribution in [0.4, 0.5) is 9.59 Å². The molecule has 7 nitrogen and oxygen atoms in total. The number of rotatable bonds is 13. The molecule has 0 fully saturated rings. The number of ketones is 1. The molecule has 0 spiro atoms. The summed E-state index contributed by atoms with van der Waals surface area (Å²) in [5, 5.41) is 2.76. The van der Waals surface area contributed by atoms with Crippen molar-refractivity contribution in [1.29, 1.82) is 0 Å². The monoisotopic (exact) mass is 468 g/mol. The van der Waals surface area contributed by atoms with Crippen molar-refractivity contribution in [3.05, 3.63) is 71.8 Å². The minimum atomic E-state index is -0.775. The van der Waals surface area contributed by atoms with Crippen molar-refractivity contribution in [3.8, 4) is 0 Å². The van der Waals surface area contributed by atoms with Gasteiger partial charge in [-0.25, -0.2) is 14.5 Å². The highest BCUT2D eigenvalue weighted by Crippen LogP contribution is 2.10. The predicted molar refractivity (Wildman–Crippen MR) is 131 cm³/mol. The topological polar surface area (TPSA) is 84.9 Å². The molecule has 0 bridgehead atoms. The van der Waals surface area contributed by atoms with Crippen molar-refractivity contribution in [1.82, 2.24) is 10.2 Å². The van der Waals surface area contributed by atoms with Crippen molar-refractivity contribution in [2.24, 2.45) is 5.92 Å². The summed E-state index contributed by atoms with van der Waals surface area (Å²) < 4.78 is 10.7. The molecule has 0 radical (unpaired) electrons. The number of hydrogen-bond acceptors (Lipinski definition) is 5. The Balaban J connectivity index is 2.08. The Morgan fingerprint density at radius 1 is 0.912 bits per heavy atom. The molecule has 0 aromatic heterocycles. The van der Waals surface area contributed by atoms with Crippen molar-refractivity contribution in [2.75, 3.05) is 19.8 Å². The standard InChI is InChI=1S/C27H36N2O5/c1-4-33-20-25(30)24(16-15-22-11-7-5-8-12-22)28-26(31)29(18-17-21(2)3)27(32)34-19-23-13-9-6-10-14-23/h5-14,21,24H,4,15-20H2,1-3H3,(H,28,31)/t24-/m0/s1. The van der Waals surface area contributed by atoms with Gasteiger partial charge in [0.25, 0.3) is 0 Å². The fraction of sp³-hybridized carbons (Fsp3) is 0.444. The van der Waals surface area contributed by atoms with Gasteiger partial charge in [-0.15, -0.1) is 0 Å². The van der Waals surface area contributed by atoms with Gasteiger partial charge in [-0.2, -0.15) is 0 Å². The quantitative estimate of drug-likeness (QED) is 0.448. The number of amides is 3. The molecular weight excluding hydrogens is 432 g/mol. The fourth-order valence-electron chi connectivity index (χ4n) is 3.26. The van der Waals surface area contributed by atoms with Crippen LogP contribution in [0.3, 0.4) is 0 Å². The van der Waals surface area contributed by atoms with Crippen molar-refractivity contribution in [2.45, 2.75) is 52.7 Å². The first kappa shape index (κ1) is 27.1.